The number of alkyl halides is 1. The van der Waals surface area contributed by atoms with E-state index in [1.165, 1.54) is 18.2 Å². The molecule has 4 nitrogen and oxygen atoms in total. The van der Waals surface area contributed by atoms with Crippen molar-refractivity contribution in [2.75, 3.05) is 17.5 Å². The lowest BCUT2D eigenvalue weighted by Crippen LogP contribution is -2.12. The number of rotatable bonds is 4. The van der Waals surface area contributed by atoms with E-state index in [1.54, 1.807) is 0 Å². The lowest BCUT2D eigenvalue weighted by atomic mass is 10.3. The quantitative estimate of drug-likeness (QED) is 0.867. The Bertz CT molecular complexity index is 528. The first-order chi connectivity index (χ1) is 7.84. The number of hydrogen-bond donors (Lipinski definition) is 1. The van der Waals surface area contributed by atoms with Gasteiger partial charge in [-0.05, 0) is 18.2 Å². The lowest BCUT2D eigenvalue weighted by molar-refractivity contribution is -0.115. The smallest absolute Gasteiger partial charge is 0.225 e. The zero-order chi connectivity index (χ0) is 13.1. The Morgan fingerprint density at radius 3 is 2.59 bits per heavy atom. The molecule has 0 unspecified atom stereocenters. The number of amides is 1. The number of carbonyl (C=O) groups is 1. The largest absolute Gasteiger partial charge is 0.325 e. The Morgan fingerprint density at radius 2 is 2.06 bits per heavy atom. The summed E-state index contributed by atoms with van der Waals surface area (Å²) in [6.07, 6.45) is 1.22. The molecule has 1 aromatic rings. The summed E-state index contributed by atoms with van der Waals surface area (Å²) in [4.78, 5) is 11.4. The molecule has 0 aliphatic rings. The summed E-state index contributed by atoms with van der Waals surface area (Å²) in [6.45, 7) is 0. The van der Waals surface area contributed by atoms with Gasteiger partial charge in [0.05, 0.1) is 15.6 Å². The molecule has 1 aromatic carbocycles. The molecule has 0 saturated carbocycles. The van der Waals surface area contributed by atoms with E-state index in [0.29, 0.717) is 0 Å². The molecule has 0 bridgehead atoms. The predicted molar refractivity (Wildman–Crippen MR) is 68.5 cm³/mol. The summed E-state index contributed by atoms with van der Waals surface area (Å²) < 4.78 is 22.7. The van der Waals surface area contributed by atoms with Gasteiger partial charge in [0.25, 0.3) is 0 Å². The normalized spacial score (nSPS) is 11.2. The van der Waals surface area contributed by atoms with E-state index in [0.717, 1.165) is 6.26 Å². The van der Waals surface area contributed by atoms with Gasteiger partial charge in [-0.2, -0.15) is 0 Å². The maximum absolute atomic E-state index is 11.3. The molecule has 0 aromatic heterocycles. The van der Waals surface area contributed by atoms with Crippen molar-refractivity contribution in [3.63, 3.8) is 0 Å². The highest BCUT2D eigenvalue weighted by molar-refractivity contribution is 7.90. The second-order valence-corrected chi connectivity index (χ2v) is 6.20. The Labute approximate surface area is 110 Å². The maximum atomic E-state index is 11.3. The number of nitrogens with one attached hydrogen (secondary N) is 1. The summed E-state index contributed by atoms with van der Waals surface area (Å²) in [5.41, 5.74) is 0.268. The molecular formula is C10H11Cl2NO3S. The Morgan fingerprint density at radius 1 is 1.41 bits per heavy atom. The standard InChI is InChI=1S/C10H11Cl2NO3S/c1-17(15,16)7-2-3-8(12)9(6-7)13-10(14)4-5-11/h2-3,6H,4-5H2,1H3,(H,13,14). The molecule has 1 rings (SSSR count). The average molecular weight is 296 g/mol. The third-order valence-electron chi connectivity index (χ3n) is 1.96. The van der Waals surface area contributed by atoms with E-state index in [9.17, 15) is 13.2 Å². The molecule has 1 N–H and O–H groups in total. The zero-order valence-corrected chi connectivity index (χ0v) is 11.4. The first-order valence-electron chi connectivity index (χ1n) is 4.70. The third kappa shape index (κ3) is 4.18. The molecule has 0 heterocycles. The van der Waals surface area contributed by atoms with E-state index < -0.39 is 9.84 Å². The van der Waals surface area contributed by atoms with Crippen LogP contribution in [-0.4, -0.2) is 26.5 Å². The molecule has 0 fully saturated rings. The minimum atomic E-state index is -3.33. The highest BCUT2D eigenvalue weighted by Crippen LogP contribution is 2.25. The second kappa shape index (κ2) is 5.71. The first kappa shape index (κ1) is 14.3. The highest BCUT2D eigenvalue weighted by atomic mass is 35.5. The molecule has 0 saturated heterocycles. The van der Waals surface area contributed by atoms with Gasteiger partial charge in [-0.25, -0.2) is 8.42 Å². The number of carbonyl (C=O) groups excluding carboxylic acids is 1. The fraction of sp³-hybridized carbons (Fsp3) is 0.300. The van der Waals surface area contributed by atoms with Gasteiger partial charge in [0.15, 0.2) is 9.84 Å². The minimum absolute atomic E-state index is 0.100. The summed E-state index contributed by atoms with van der Waals surface area (Å²) in [5, 5.41) is 2.78. The zero-order valence-electron chi connectivity index (χ0n) is 9.04. The molecule has 94 valence electrons. The molecule has 17 heavy (non-hydrogen) atoms. The van der Waals surface area contributed by atoms with Crippen molar-refractivity contribution in [2.24, 2.45) is 0 Å². The molecule has 0 aliphatic carbocycles. The first-order valence-corrected chi connectivity index (χ1v) is 7.50. The Kier molecular flexibility index (Phi) is 4.80. The van der Waals surface area contributed by atoms with Gasteiger partial charge in [-0.1, -0.05) is 11.6 Å². The molecule has 1 amide bonds. The minimum Gasteiger partial charge on any atom is -0.325 e. The highest BCUT2D eigenvalue weighted by Gasteiger charge is 2.11. The lowest BCUT2D eigenvalue weighted by Gasteiger charge is -2.08. The average Bonchev–Trinajstić information content (AvgIpc) is 2.20. The number of anilines is 1. The van der Waals surface area contributed by atoms with Gasteiger partial charge in [0.2, 0.25) is 5.91 Å². The van der Waals surface area contributed by atoms with E-state index in [-0.39, 0.29) is 33.8 Å². The summed E-state index contributed by atoms with van der Waals surface area (Å²) in [6, 6.07) is 4.13. The Balaban J connectivity index is 3.03. The van der Waals surface area contributed by atoms with Crippen LogP contribution >= 0.6 is 23.2 Å². The molecule has 7 heteroatoms. The van der Waals surface area contributed by atoms with Gasteiger partial charge in [0, 0.05) is 18.6 Å². The van der Waals surface area contributed by atoms with Crippen LogP contribution in [0.2, 0.25) is 5.02 Å². The van der Waals surface area contributed by atoms with Crippen LogP contribution in [0.4, 0.5) is 5.69 Å². The van der Waals surface area contributed by atoms with Crippen LogP contribution in [0.5, 0.6) is 0 Å². The molecular weight excluding hydrogens is 285 g/mol. The van der Waals surface area contributed by atoms with Gasteiger partial charge in [0.1, 0.15) is 0 Å². The van der Waals surface area contributed by atoms with Crippen molar-refractivity contribution >= 4 is 44.6 Å². The van der Waals surface area contributed by atoms with Crippen molar-refractivity contribution < 1.29 is 13.2 Å². The molecule has 0 radical (unpaired) electrons. The fourth-order valence-corrected chi connectivity index (χ4v) is 2.11. The van der Waals surface area contributed by atoms with Crippen LogP contribution in [0.1, 0.15) is 6.42 Å². The fourth-order valence-electron chi connectivity index (χ4n) is 1.13. The van der Waals surface area contributed by atoms with Gasteiger partial charge in [-0.15, -0.1) is 11.6 Å². The van der Waals surface area contributed by atoms with Crippen molar-refractivity contribution in [1.82, 2.24) is 0 Å². The van der Waals surface area contributed by atoms with E-state index in [4.69, 9.17) is 23.2 Å². The third-order valence-corrected chi connectivity index (χ3v) is 3.59. The van der Waals surface area contributed by atoms with Gasteiger partial charge < -0.3 is 5.32 Å². The number of sulfone groups is 1. The van der Waals surface area contributed by atoms with Crippen molar-refractivity contribution in [2.45, 2.75) is 11.3 Å². The summed E-state index contributed by atoms with van der Waals surface area (Å²) in [5.74, 6) is -0.123. The predicted octanol–water partition coefficient (Wildman–Crippen LogP) is 2.31. The molecule has 0 spiro atoms. The topological polar surface area (TPSA) is 63.2 Å². The van der Waals surface area contributed by atoms with E-state index in [1.807, 2.05) is 0 Å². The van der Waals surface area contributed by atoms with E-state index >= 15 is 0 Å². The molecule has 0 atom stereocenters. The van der Waals surface area contributed by atoms with Crippen molar-refractivity contribution in [3.05, 3.63) is 23.2 Å². The van der Waals surface area contributed by atoms with Crippen LogP contribution in [0, 0.1) is 0 Å². The summed E-state index contributed by atoms with van der Waals surface area (Å²) in [7, 11) is -3.33. The number of halogens is 2. The van der Waals surface area contributed by atoms with Gasteiger partial charge in [-0.3, -0.25) is 4.79 Å². The summed E-state index contributed by atoms with van der Waals surface area (Å²) >= 11 is 11.3. The van der Waals surface area contributed by atoms with E-state index in [2.05, 4.69) is 5.32 Å². The van der Waals surface area contributed by atoms with Crippen LogP contribution in [0.15, 0.2) is 23.1 Å². The number of benzene rings is 1. The van der Waals surface area contributed by atoms with Crippen molar-refractivity contribution in [3.8, 4) is 0 Å². The molecule has 0 aliphatic heterocycles. The monoisotopic (exact) mass is 295 g/mol. The van der Waals surface area contributed by atoms with Crippen LogP contribution in [0.3, 0.4) is 0 Å². The van der Waals surface area contributed by atoms with Gasteiger partial charge >= 0.3 is 0 Å². The van der Waals surface area contributed by atoms with Crippen LogP contribution < -0.4 is 5.32 Å². The SMILES string of the molecule is CS(=O)(=O)c1ccc(Cl)c(NC(=O)CCCl)c1. The van der Waals surface area contributed by atoms with Crippen LogP contribution in [0.25, 0.3) is 0 Å². The second-order valence-electron chi connectivity index (χ2n) is 3.40. The Hall–Kier alpha value is -0.780. The van der Waals surface area contributed by atoms with Crippen LogP contribution in [-0.2, 0) is 14.6 Å². The number of hydrogen-bond acceptors (Lipinski definition) is 3. The maximum Gasteiger partial charge on any atom is 0.225 e. The van der Waals surface area contributed by atoms with Crippen molar-refractivity contribution in [1.29, 1.82) is 0 Å².